The summed E-state index contributed by atoms with van der Waals surface area (Å²) in [6.45, 7) is 6.18. The predicted molar refractivity (Wildman–Crippen MR) is 126 cm³/mol. The van der Waals surface area contributed by atoms with Crippen LogP contribution >= 0.6 is 24.0 Å². The highest BCUT2D eigenvalue weighted by molar-refractivity contribution is 14.0. The third kappa shape index (κ3) is 5.77. The van der Waals surface area contributed by atoms with Gasteiger partial charge in [0.25, 0.3) is 0 Å². The zero-order chi connectivity index (χ0) is 19.3. The third-order valence-corrected chi connectivity index (χ3v) is 5.97. The van der Waals surface area contributed by atoms with Crippen LogP contribution in [0, 0.1) is 5.92 Å². The number of piperidine rings is 1. The third-order valence-electron chi connectivity index (χ3n) is 5.97. The molecule has 2 fully saturated rings. The largest absolute Gasteiger partial charge is 0.493 e. The van der Waals surface area contributed by atoms with Crippen molar-refractivity contribution in [2.24, 2.45) is 10.9 Å². The van der Waals surface area contributed by atoms with Gasteiger partial charge in [-0.05, 0) is 50.7 Å². The molecule has 2 N–H and O–H groups in total. The van der Waals surface area contributed by atoms with Crippen LogP contribution in [-0.2, 0) is 4.79 Å². The van der Waals surface area contributed by atoms with E-state index in [0.29, 0.717) is 23.8 Å². The minimum Gasteiger partial charge on any atom is -0.493 e. The van der Waals surface area contributed by atoms with E-state index in [1.54, 1.807) is 0 Å². The Labute approximate surface area is 190 Å². The molecule has 29 heavy (non-hydrogen) atoms. The van der Waals surface area contributed by atoms with Gasteiger partial charge in [-0.25, -0.2) is 0 Å². The lowest BCUT2D eigenvalue weighted by molar-refractivity contribution is -0.133. The summed E-state index contributed by atoms with van der Waals surface area (Å²) in [7, 11) is 0. The van der Waals surface area contributed by atoms with Crippen molar-refractivity contribution in [3.8, 4) is 5.75 Å². The van der Waals surface area contributed by atoms with Crippen molar-refractivity contribution in [2.45, 2.75) is 51.0 Å². The molecule has 1 aromatic carbocycles. The van der Waals surface area contributed by atoms with E-state index in [-0.39, 0.29) is 24.0 Å². The number of halogens is 1. The molecule has 1 saturated heterocycles. The second-order valence-corrected chi connectivity index (χ2v) is 8.11. The molecule has 6 nitrogen and oxygen atoms in total. The van der Waals surface area contributed by atoms with Gasteiger partial charge in [-0.15, -0.1) is 24.0 Å². The molecule has 0 aromatic heterocycles. The summed E-state index contributed by atoms with van der Waals surface area (Å²) >= 11 is 0. The molecule has 1 aliphatic carbocycles. The lowest BCUT2D eigenvalue weighted by atomic mass is 9.93. The van der Waals surface area contributed by atoms with E-state index in [2.05, 4.69) is 34.6 Å². The predicted octanol–water partition coefficient (Wildman–Crippen LogP) is 3.13. The number of hydrogen-bond donors (Lipinski definition) is 2. The Kier molecular flexibility index (Phi) is 8.03. The summed E-state index contributed by atoms with van der Waals surface area (Å²) in [4.78, 5) is 19.2. The van der Waals surface area contributed by atoms with Crippen molar-refractivity contribution in [2.75, 3.05) is 32.8 Å². The van der Waals surface area contributed by atoms with Crippen molar-refractivity contribution in [1.29, 1.82) is 0 Å². The maximum Gasteiger partial charge on any atom is 0.225 e. The van der Waals surface area contributed by atoms with Gasteiger partial charge in [0, 0.05) is 44.1 Å². The van der Waals surface area contributed by atoms with Crippen molar-refractivity contribution >= 4 is 35.8 Å². The molecule has 3 aliphatic rings. The van der Waals surface area contributed by atoms with Gasteiger partial charge in [0.05, 0.1) is 6.61 Å². The number of benzene rings is 1. The van der Waals surface area contributed by atoms with Crippen LogP contribution in [0.4, 0.5) is 0 Å². The molecule has 2 heterocycles. The molecule has 2 aliphatic heterocycles. The summed E-state index contributed by atoms with van der Waals surface area (Å²) in [5.41, 5.74) is 1.26. The van der Waals surface area contributed by atoms with E-state index in [4.69, 9.17) is 9.73 Å². The van der Waals surface area contributed by atoms with E-state index < -0.39 is 0 Å². The van der Waals surface area contributed by atoms with Gasteiger partial charge in [0.2, 0.25) is 5.91 Å². The number of aliphatic imine (C=N–C) groups is 1. The average Bonchev–Trinajstić information content (AvgIpc) is 3.57. The Balaban J connectivity index is 0.00000240. The molecule has 1 saturated carbocycles. The molecule has 7 heteroatoms. The van der Waals surface area contributed by atoms with Crippen LogP contribution in [0.2, 0.25) is 0 Å². The molecular formula is C22H33IN4O2. The second kappa shape index (κ2) is 10.5. The Hall–Kier alpha value is -1.51. The molecule has 1 unspecified atom stereocenters. The first-order chi connectivity index (χ1) is 13.7. The minimum absolute atomic E-state index is 0. The molecule has 1 atom stereocenters. The smallest absolute Gasteiger partial charge is 0.225 e. The summed E-state index contributed by atoms with van der Waals surface area (Å²) in [5, 5.41) is 6.98. The lowest BCUT2D eigenvalue weighted by Crippen LogP contribution is -2.50. The van der Waals surface area contributed by atoms with Gasteiger partial charge in [-0.3, -0.25) is 9.79 Å². The Bertz CT molecular complexity index is 715. The number of carbonyl (C=O) groups is 1. The number of guanidine groups is 1. The number of rotatable bonds is 5. The van der Waals surface area contributed by atoms with Gasteiger partial charge in [-0.2, -0.15) is 0 Å². The Morgan fingerprint density at radius 3 is 2.66 bits per heavy atom. The second-order valence-electron chi connectivity index (χ2n) is 8.11. The standard InChI is InChI=1S/C22H32N4O2.HI/c1-2-23-22(24-15-17-11-14-28-20-6-4-3-5-19(17)20)25-18-9-12-26(13-10-18)21(27)16-7-8-16;/h3-6,16-18H,2,7-15H2,1H3,(H2,23,24,25);1H. The number of para-hydroxylation sites is 1. The van der Waals surface area contributed by atoms with Crippen LogP contribution in [0.25, 0.3) is 0 Å². The molecule has 160 valence electrons. The first kappa shape index (κ1) is 22.2. The zero-order valence-electron chi connectivity index (χ0n) is 17.2. The van der Waals surface area contributed by atoms with Gasteiger partial charge in [-0.1, -0.05) is 18.2 Å². The number of nitrogens with zero attached hydrogens (tertiary/aromatic N) is 2. The van der Waals surface area contributed by atoms with Crippen molar-refractivity contribution in [3.63, 3.8) is 0 Å². The summed E-state index contributed by atoms with van der Waals surface area (Å²) in [6, 6.07) is 8.68. The molecular weight excluding hydrogens is 479 g/mol. The number of ether oxygens (including phenoxy) is 1. The fourth-order valence-corrected chi connectivity index (χ4v) is 4.15. The molecule has 1 amide bonds. The number of amides is 1. The number of fused-ring (bicyclic) bond motifs is 1. The average molecular weight is 512 g/mol. The highest BCUT2D eigenvalue weighted by atomic mass is 127. The number of likely N-dealkylation sites (tertiary alicyclic amines) is 1. The van der Waals surface area contributed by atoms with E-state index in [0.717, 1.165) is 76.6 Å². The van der Waals surface area contributed by atoms with Crippen molar-refractivity contribution in [3.05, 3.63) is 29.8 Å². The van der Waals surface area contributed by atoms with Gasteiger partial charge in [0.15, 0.2) is 5.96 Å². The van der Waals surface area contributed by atoms with Crippen LogP contribution < -0.4 is 15.4 Å². The fourth-order valence-electron chi connectivity index (χ4n) is 4.15. The number of nitrogens with one attached hydrogen (secondary N) is 2. The highest BCUT2D eigenvalue weighted by Gasteiger charge is 2.35. The minimum atomic E-state index is 0. The summed E-state index contributed by atoms with van der Waals surface area (Å²) in [6.07, 6.45) is 5.15. The van der Waals surface area contributed by atoms with Crippen LogP contribution in [0.1, 0.15) is 50.5 Å². The topological polar surface area (TPSA) is 66.0 Å². The Morgan fingerprint density at radius 2 is 1.93 bits per heavy atom. The van der Waals surface area contributed by atoms with E-state index >= 15 is 0 Å². The number of carbonyl (C=O) groups excluding carboxylic acids is 1. The van der Waals surface area contributed by atoms with Crippen LogP contribution in [0.5, 0.6) is 5.75 Å². The van der Waals surface area contributed by atoms with Crippen molar-refractivity contribution in [1.82, 2.24) is 15.5 Å². The van der Waals surface area contributed by atoms with Gasteiger partial charge in [0.1, 0.15) is 5.75 Å². The maximum absolute atomic E-state index is 12.2. The van der Waals surface area contributed by atoms with Gasteiger partial charge < -0.3 is 20.3 Å². The quantitative estimate of drug-likeness (QED) is 0.362. The van der Waals surface area contributed by atoms with Crippen molar-refractivity contribution < 1.29 is 9.53 Å². The highest BCUT2D eigenvalue weighted by Crippen LogP contribution is 2.33. The summed E-state index contributed by atoms with van der Waals surface area (Å²) < 4.78 is 5.77. The van der Waals surface area contributed by atoms with Crippen LogP contribution in [0.15, 0.2) is 29.3 Å². The maximum atomic E-state index is 12.2. The first-order valence-electron chi connectivity index (χ1n) is 10.8. The molecule has 4 rings (SSSR count). The summed E-state index contributed by atoms with van der Waals surface area (Å²) in [5.74, 6) is 2.99. The SMILES string of the molecule is CCNC(=NCC1CCOc2ccccc21)NC1CCN(C(=O)C2CC2)CC1.I. The van der Waals surface area contributed by atoms with E-state index in [1.807, 2.05) is 12.1 Å². The molecule has 0 spiro atoms. The molecule has 0 radical (unpaired) electrons. The normalized spacial score (nSPS) is 22.2. The van der Waals surface area contributed by atoms with Crippen LogP contribution in [0.3, 0.4) is 0 Å². The fraction of sp³-hybridized carbons (Fsp3) is 0.636. The number of hydrogen-bond acceptors (Lipinski definition) is 3. The van der Waals surface area contributed by atoms with E-state index in [9.17, 15) is 4.79 Å². The first-order valence-corrected chi connectivity index (χ1v) is 10.8. The molecule has 1 aromatic rings. The molecule has 0 bridgehead atoms. The Morgan fingerprint density at radius 1 is 1.17 bits per heavy atom. The monoisotopic (exact) mass is 512 g/mol. The van der Waals surface area contributed by atoms with Crippen LogP contribution in [-0.4, -0.2) is 55.6 Å². The zero-order valence-corrected chi connectivity index (χ0v) is 19.6. The lowest BCUT2D eigenvalue weighted by Gasteiger charge is -2.33. The van der Waals surface area contributed by atoms with E-state index in [1.165, 1.54) is 5.56 Å². The van der Waals surface area contributed by atoms with Gasteiger partial charge >= 0.3 is 0 Å².